The molecule has 0 amide bonds. The molecule has 5 heteroatoms. The van der Waals surface area contributed by atoms with Crippen LogP contribution in [0.2, 0.25) is 5.15 Å². The van der Waals surface area contributed by atoms with Crippen molar-refractivity contribution in [1.29, 1.82) is 0 Å². The van der Waals surface area contributed by atoms with E-state index in [1.807, 2.05) is 0 Å². The summed E-state index contributed by atoms with van der Waals surface area (Å²) in [4.78, 5) is 8.06. The number of hydrogen-bond acceptors (Lipinski definition) is 4. The Bertz CT molecular complexity index is 370. The van der Waals surface area contributed by atoms with Crippen molar-refractivity contribution in [2.24, 2.45) is 5.92 Å². The zero-order chi connectivity index (χ0) is 13.0. The standard InChI is InChI=1S/C13H21ClN4/c1-2-10(9-6-4-3-5-7-9)16-12-8-11(14)17-13(15)18-12/h8-10H,2-7H2,1H3,(H3,15,16,17,18). The van der Waals surface area contributed by atoms with Gasteiger partial charge < -0.3 is 11.1 Å². The summed E-state index contributed by atoms with van der Waals surface area (Å²) < 4.78 is 0. The summed E-state index contributed by atoms with van der Waals surface area (Å²) in [5.41, 5.74) is 5.61. The van der Waals surface area contributed by atoms with E-state index in [1.54, 1.807) is 6.07 Å². The zero-order valence-corrected chi connectivity index (χ0v) is 11.6. The monoisotopic (exact) mass is 268 g/mol. The van der Waals surface area contributed by atoms with Gasteiger partial charge in [-0.3, -0.25) is 0 Å². The van der Waals surface area contributed by atoms with Crippen LogP contribution in [0, 0.1) is 5.92 Å². The van der Waals surface area contributed by atoms with E-state index in [4.69, 9.17) is 17.3 Å². The van der Waals surface area contributed by atoms with Crippen LogP contribution in [0.3, 0.4) is 0 Å². The molecular weight excluding hydrogens is 248 g/mol. The first-order valence-electron chi connectivity index (χ1n) is 6.75. The third kappa shape index (κ3) is 3.48. The van der Waals surface area contributed by atoms with Gasteiger partial charge in [-0.1, -0.05) is 37.8 Å². The van der Waals surface area contributed by atoms with Crippen molar-refractivity contribution in [3.63, 3.8) is 0 Å². The van der Waals surface area contributed by atoms with Gasteiger partial charge in [0.1, 0.15) is 11.0 Å². The fourth-order valence-corrected chi connectivity index (χ4v) is 2.98. The lowest BCUT2D eigenvalue weighted by Crippen LogP contribution is -2.30. The highest BCUT2D eigenvalue weighted by atomic mass is 35.5. The number of hydrogen-bond donors (Lipinski definition) is 2. The van der Waals surface area contributed by atoms with Gasteiger partial charge >= 0.3 is 0 Å². The molecule has 2 rings (SSSR count). The van der Waals surface area contributed by atoms with Crippen LogP contribution in [0.25, 0.3) is 0 Å². The predicted molar refractivity (Wildman–Crippen MR) is 75.7 cm³/mol. The second-order valence-electron chi connectivity index (χ2n) is 4.99. The van der Waals surface area contributed by atoms with Gasteiger partial charge in [0.15, 0.2) is 0 Å². The summed E-state index contributed by atoms with van der Waals surface area (Å²) in [6, 6.07) is 2.19. The Morgan fingerprint density at radius 2 is 2.11 bits per heavy atom. The molecule has 0 aliphatic heterocycles. The number of nitrogen functional groups attached to an aromatic ring is 1. The van der Waals surface area contributed by atoms with Gasteiger partial charge in [0.2, 0.25) is 5.95 Å². The lowest BCUT2D eigenvalue weighted by atomic mass is 9.83. The van der Waals surface area contributed by atoms with Crippen LogP contribution in [-0.2, 0) is 0 Å². The Morgan fingerprint density at radius 1 is 1.39 bits per heavy atom. The topological polar surface area (TPSA) is 63.8 Å². The van der Waals surface area contributed by atoms with E-state index in [0.717, 1.165) is 18.2 Å². The molecule has 4 nitrogen and oxygen atoms in total. The van der Waals surface area contributed by atoms with Crippen molar-refractivity contribution in [1.82, 2.24) is 9.97 Å². The minimum atomic E-state index is 0.225. The lowest BCUT2D eigenvalue weighted by molar-refractivity contribution is 0.312. The molecule has 1 aliphatic carbocycles. The molecule has 1 atom stereocenters. The summed E-state index contributed by atoms with van der Waals surface area (Å²) in [5.74, 6) is 1.70. The molecule has 18 heavy (non-hydrogen) atoms. The summed E-state index contributed by atoms with van der Waals surface area (Å²) in [5, 5.41) is 3.86. The van der Waals surface area contributed by atoms with Crippen molar-refractivity contribution < 1.29 is 0 Å². The molecule has 0 spiro atoms. The molecule has 100 valence electrons. The molecular formula is C13H21ClN4. The van der Waals surface area contributed by atoms with Crippen LogP contribution in [0.1, 0.15) is 45.4 Å². The fraction of sp³-hybridized carbons (Fsp3) is 0.692. The van der Waals surface area contributed by atoms with Crippen LogP contribution < -0.4 is 11.1 Å². The zero-order valence-electron chi connectivity index (χ0n) is 10.8. The quantitative estimate of drug-likeness (QED) is 0.821. The van der Waals surface area contributed by atoms with E-state index in [-0.39, 0.29) is 5.95 Å². The molecule has 0 bridgehead atoms. The predicted octanol–water partition coefficient (Wildman–Crippen LogP) is 3.48. The van der Waals surface area contributed by atoms with Crippen molar-refractivity contribution in [2.45, 2.75) is 51.5 Å². The maximum absolute atomic E-state index is 5.89. The van der Waals surface area contributed by atoms with Crippen molar-refractivity contribution in [3.05, 3.63) is 11.2 Å². The Balaban J connectivity index is 2.04. The van der Waals surface area contributed by atoms with Crippen molar-refractivity contribution in [2.75, 3.05) is 11.1 Å². The average Bonchev–Trinajstić information content (AvgIpc) is 2.36. The molecule has 3 N–H and O–H groups in total. The normalized spacial score (nSPS) is 18.6. The Labute approximate surface area is 113 Å². The highest BCUT2D eigenvalue weighted by Gasteiger charge is 2.22. The maximum atomic E-state index is 5.89. The van der Waals surface area contributed by atoms with Crippen LogP contribution in [0.15, 0.2) is 6.07 Å². The molecule has 1 saturated carbocycles. The van der Waals surface area contributed by atoms with E-state index in [9.17, 15) is 0 Å². The van der Waals surface area contributed by atoms with E-state index in [1.165, 1.54) is 32.1 Å². The maximum Gasteiger partial charge on any atom is 0.223 e. The smallest absolute Gasteiger partial charge is 0.223 e. The van der Waals surface area contributed by atoms with Gasteiger partial charge in [0.05, 0.1) is 0 Å². The minimum absolute atomic E-state index is 0.225. The largest absolute Gasteiger partial charge is 0.368 e. The number of anilines is 2. The molecule has 1 aromatic rings. The number of nitrogens with one attached hydrogen (secondary N) is 1. The number of halogens is 1. The van der Waals surface area contributed by atoms with Gasteiger partial charge in [-0.05, 0) is 25.2 Å². The highest BCUT2D eigenvalue weighted by molar-refractivity contribution is 6.29. The summed E-state index contributed by atoms with van der Waals surface area (Å²) in [6.45, 7) is 2.21. The first-order chi connectivity index (χ1) is 8.69. The lowest BCUT2D eigenvalue weighted by Gasteiger charge is -2.30. The fourth-order valence-electron chi connectivity index (χ4n) is 2.79. The number of aromatic nitrogens is 2. The summed E-state index contributed by atoms with van der Waals surface area (Å²) in [7, 11) is 0. The van der Waals surface area contributed by atoms with E-state index in [0.29, 0.717) is 11.2 Å². The van der Waals surface area contributed by atoms with Crippen LogP contribution >= 0.6 is 11.6 Å². The third-order valence-electron chi connectivity index (χ3n) is 3.70. The Kier molecular flexibility index (Phi) is 4.64. The first kappa shape index (κ1) is 13.4. The molecule has 1 heterocycles. The number of nitrogens with zero attached hydrogens (tertiary/aromatic N) is 2. The molecule has 1 aliphatic rings. The van der Waals surface area contributed by atoms with Gasteiger partial charge in [0.25, 0.3) is 0 Å². The first-order valence-corrected chi connectivity index (χ1v) is 7.13. The highest BCUT2D eigenvalue weighted by Crippen LogP contribution is 2.29. The number of nitrogens with two attached hydrogens (primary N) is 1. The Hall–Kier alpha value is -1.03. The van der Waals surface area contributed by atoms with Crippen LogP contribution in [-0.4, -0.2) is 16.0 Å². The van der Waals surface area contributed by atoms with Crippen LogP contribution in [0.5, 0.6) is 0 Å². The van der Waals surface area contributed by atoms with Gasteiger partial charge in [0, 0.05) is 12.1 Å². The van der Waals surface area contributed by atoms with Crippen molar-refractivity contribution in [3.8, 4) is 0 Å². The SMILES string of the molecule is CCC(Nc1cc(Cl)nc(N)n1)C1CCCCC1. The second kappa shape index (κ2) is 6.23. The third-order valence-corrected chi connectivity index (χ3v) is 3.90. The molecule has 1 aromatic heterocycles. The van der Waals surface area contributed by atoms with E-state index in [2.05, 4.69) is 22.2 Å². The molecule has 0 aromatic carbocycles. The average molecular weight is 269 g/mol. The Morgan fingerprint density at radius 3 is 2.72 bits per heavy atom. The minimum Gasteiger partial charge on any atom is -0.368 e. The van der Waals surface area contributed by atoms with Gasteiger partial charge in [-0.15, -0.1) is 0 Å². The molecule has 1 fully saturated rings. The summed E-state index contributed by atoms with van der Waals surface area (Å²) in [6.07, 6.45) is 7.76. The summed E-state index contributed by atoms with van der Waals surface area (Å²) >= 11 is 5.89. The van der Waals surface area contributed by atoms with Gasteiger partial charge in [-0.2, -0.15) is 4.98 Å². The van der Waals surface area contributed by atoms with Crippen LogP contribution in [0.4, 0.5) is 11.8 Å². The molecule has 0 radical (unpaired) electrons. The molecule has 1 unspecified atom stereocenters. The number of rotatable bonds is 4. The van der Waals surface area contributed by atoms with E-state index < -0.39 is 0 Å². The van der Waals surface area contributed by atoms with Gasteiger partial charge in [-0.25, -0.2) is 4.98 Å². The second-order valence-corrected chi connectivity index (χ2v) is 5.38. The molecule has 0 saturated heterocycles. The van der Waals surface area contributed by atoms with E-state index >= 15 is 0 Å². The van der Waals surface area contributed by atoms with Crippen molar-refractivity contribution >= 4 is 23.4 Å².